The normalized spacial score (nSPS) is 12.3. The molecule has 4 aromatic rings. The number of aromatic nitrogens is 2. The Labute approximate surface area is 247 Å². The first-order valence-corrected chi connectivity index (χ1v) is 13.6. The third-order valence-electron chi connectivity index (χ3n) is 6.66. The van der Waals surface area contributed by atoms with E-state index in [0.717, 1.165) is 25.7 Å². The molecule has 1 aromatic heterocycles. The molecule has 0 saturated carbocycles. The molecule has 0 amide bonds. The molecule has 3 aromatic carbocycles. The second kappa shape index (κ2) is 14.0. The maximum absolute atomic E-state index is 14.7. The summed E-state index contributed by atoms with van der Waals surface area (Å²) in [6.07, 6.45) is 2.24. The van der Waals surface area contributed by atoms with E-state index >= 15 is 0 Å². The van der Waals surface area contributed by atoms with Crippen LogP contribution in [0.4, 0.5) is 39.5 Å². The van der Waals surface area contributed by atoms with Crippen molar-refractivity contribution in [3.63, 3.8) is 0 Å². The number of unbranched alkanes of at least 4 members (excludes halogenated alkanes) is 4. The Morgan fingerprint density at radius 2 is 1.27 bits per heavy atom. The number of rotatable bonds is 12. The summed E-state index contributed by atoms with van der Waals surface area (Å²) in [7, 11) is 0. The van der Waals surface area contributed by atoms with E-state index in [2.05, 4.69) is 21.6 Å². The molecule has 0 aliphatic heterocycles. The van der Waals surface area contributed by atoms with E-state index < -0.39 is 58.2 Å². The fraction of sp³-hybridized carbons (Fsp3) is 0.250. The molecule has 0 fully saturated rings. The summed E-state index contributed by atoms with van der Waals surface area (Å²) in [5, 5.41) is 0. The van der Waals surface area contributed by atoms with Crippen molar-refractivity contribution in [3.05, 3.63) is 107 Å². The van der Waals surface area contributed by atoms with Gasteiger partial charge in [0.1, 0.15) is 28.8 Å². The SMILES string of the molecule is CCCCCCC/C(F)=C(\F)c1ccc(-c2cnc(-c3cc(F)c(C(F)(F)Oc4cc(F)c(F)c(F)c4)c(F)c3)nc2)cc1. The Balaban J connectivity index is 1.48. The lowest BCUT2D eigenvalue weighted by atomic mass is 10.0. The number of nitrogens with zero attached hydrogens (tertiary/aromatic N) is 2. The molecule has 0 bridgehead atoms. The number of allylic oxidation sites excluding steroid dienone is 1. The lowest BCUT2D eigenvalue weighted by Gasteiger charge is -2.20. The fourth-order valence-corrected chi connectivity index (χ4v) is 4.36. The first-order chi connectivity index (χ1) is 20.9. The van der Waals surface area contributed by atoms with Crippen molar-refractivity contribution in [1.82, 2.24) is 9.97 Å². The molecule has 0 spiro atoms. The van der Waals surface area contributed by atoms with Crippen LogP contribution in [0.15, 0.2) is 66.8 Å². The lowest BCUT2D eigenvalue weighted by Crippen LogP contribution is -2.25. The van der Waals surface area contributed by atoms with E-state index in [-0.39, 0.29) is 35.5 Å². The van der Waals surface area contributed by atoms with Crippen LogP contribution in [0.3, 0.4) is 0 Å². The molecule has 0 unspecified atom stereocenters. The Kier molecular flexibility index (Phi) is 10.3. The molecule has 44 heavy (non-hydrogen) atoms. The Bertz CT molecular complexity index is 1590. The molecule has 3 nitrogen and oxygen atoms in total. The summed E-state index contributed by atoms with van der Waals surface area (Å²) in [5.41, 5.74) is -1.20. The highest BCUT2D eigenvalue weighted by atomic mass is 19.3. The van der Waals surface area contributed by atoms with Crippen LogP contribution in [0.1, 0.15) is 56.6 Å². The van der Waals surface area contributed by atoms with Crippen LogP contribution in [-0.4, -0.2) is 9.97 Å². The van der Waals surface area contributed by atoms with Gasteiger partial charge in [-0.1, -0.05) is 56.9 Å². The first kappa shape index (κ1) is 32.6. The van der Waals surface area contributed by atoms with Gasteiger partial charge in [0.25, 0.3) is 0 Å². The van der Waals surface area contributed by atoms with E-state index in [4.69, 9.17) is 0 Å². The van der Waals surface area contributed by atoms with Gasteiger partial charge in [0.05, 0.1) is 0 Å². The summed E-state index contributed by atoms with van der Waals surface area (Å²) >= 11 is 0. The van der Waals surface area contributed by atoms with Gasteiger partial charge in [0.2, 0.25) is 0 Å². The third-order valence-corrected chi connectivity index (χ3v) is 6.66. The number of ether oxygens (including phenoxy) is 1. The summed E-state index contributed by atoms with van der Waals surface area (Å²) < 4.78 is 131. The predicted molar refractivity (Wildman–Crippen MR) is 146 cm³/mol. The fourth-order valence-electron chi connectivity index (χ4n) is 4.36. The summed E-state index contributed by atoms with van der Waals surface area (Å²) in [4.78, 5) is 8.02. The average molecular weight is 625 g/mol. The average Bonchev–Trinajstić information content (AvgIpc) is 2.98. The molecular formula is C32H25F9N2O. The van der Waals surface area contributed by atoms with Gasteiger partial charge in [0, 0.05) is 47.6 Å². The molecule has 0 N–H and O–H groups in total. The number of benzene rings is 3. The van der Waals surface area contributed by atoms with Crippen molar-refractivity contribution in [2.75, 3.05) is 0 Å². The van der Waals surface area contributed by atoms with Crippen molar-refractivity contribution in [3.8, 4) is 28.3 Å². The van der Waals surface area contributed by atoms with E-state index in [9.17, 15) is 39.5 Å². The molecule has 232 valence electrons. The quantitative estimate of drug-likeness (QED) is 0.0894. The zero-order valence-electron chi connectivity index (χ0n) is 23.2. The van der Waals surface area contributed by atoms with Gasteiger partial charge in [-0.3, -0.25) is 0 Å². The molecule has 4 rings (SSSR count). The number of alkyl halides is 2. The van der Waals surface area contributed by atoms with Crippen LogP contribution >= 0.6 is 0 Å². The van der Waals surface area contributed by atoms with Gasteiger partial charge in [0.15, 0.2) is 29.1 Å². The molecule has 0 aliphatic rings. The maximum atomic E-state index is 14.7. The second-order valence-corrected chi connectivity index (χ2v) is 9.89. The van der Waals surface area contributed by atoms with E-state index in [1.165, 1.54) is 36.7 Å². The largest absolute Gasteiger partial charge is 0.432 e. The standard InChI is InChI=1S/C32H25F9N2O/c1-2-3-4-5-6-7-23(33)29(38)19-10-8-18(9-11-19)21-16-42-31(43-17-21)20-12-24(34)28(25(35)13-20)32(40,41)44-22-14-26(36)30(39)27(37)15-22/h8-17H,2-7H2,1H3/b29-23+. The Morgan fingerprint density at radius 1 is 0.705 bits per heavy atom. The van der Waals surface area contributed by atoms with Crippen LogP contribution in [0.25, 0.3) is 28.3 Å². The molecule has 12 heteroatoms. The summed E-state index contributed by atoms with van der Waals surface area (Å²) in [5.74, 6) is -12.4. The second-order valence-electron chi connectivity index (χ2n) is 9.89. The monoisotopic (exact) mass is 624 g/mol. The molecule has 1 heterocycles. The van der Waals surface area contributed by atoms with E-state index in [0.29, 0.717) is 29.7 Å². The van der Waals surface area contributed by atoms with E-state index in [1.807, 2.05) is 0 Å². The summed E-state index contributed by atoms with van der Waals surface area (Å²) in [6.45, 7) is 2.06. The molecule has 0 atom stereocenters. The molecule has 0 saturated heterocycles. The minimum Gasteiger partial charge on any atom is -0.429 e. The van der Waals surface area contributed by atoms with Gasteiger partial charge in [-0.05, 0) is 24.1 Å². The highest BCUT2D eigenvalue weighted by molar-refractivity contribution is 5.68. The number of hydrogen-bond donors (Lipinski definition) is 0. The summed E-state index contributed by atoms with van der Waals surface area (Å²) in [6, 6.07) is 7.01. The Morgan fingerprint density at radius 3 is 1.84 bits per heavy atom. The zero-order valence-corrected chi connectivity index (χ0v) is 23.2. The number of hydrogen-bond acceptors (Lipinski definition) is 3. The van der Waals surface area contributed by atoms with Crippen LogP contribution in [0, 0.1) is 29.1 Å². The number of halogens is 9. The van der Waals surface area contributed by atoms with Crippen molar-refractivity contribution in [1.29, 1.82) is 0 Å². The van der Waals surface area contributed by atoms with Crippen LogP contribution in [0.2, 0.25) is 0 Å². The van der Waals surface area contributed by atoms with Crippen LogP contribution in [-0.2, 0) is 6.11 Å². The lowest BCUT2D eigenvalue weighted by molar-refractivity contribution is -0.189. The van der Waals surface area contributed by atoms with Crippen molar-refractivity contribution >= 4 is 5.83 Å². The predicted octanol–water partition coefficient (Wildman–Crippen LogP) is 10.6. The van der Waals surface area contributed by atoms with Gasteiger partial charge in [-0.15, -0.1) is 0 Å². The topological polar surface area (TPSA) is 35.0 Å². The van der Waals surface area contributed by atoms with Gasteiger partial charge >= 0.3 is 6.11 Å². The van der Waals surface area contributed by atoms with Gasteiger partial charge < -0.3 is 4.74 Å². The van der Waals surface area contributed by atoms with Crippen LogP contribution in [0.5, 0.6) is 5.75 Å². The highest BCUT2D eigenvalue weighted by Gasteiger charge is 2.41. The highest BCUT2D eigenvalue weighted by Crippen LogP contribution is 2.37. The minimum absolute atomic E-state index is 0.00759. The van der Waals surface area contributed by atoms with Crippen LogP contribution < -0.4 is 4.74 Å². The van der Waals surface area contributed by atoms with Crippen molar-refractivity contribution in [2.24, 2.45) is 0 Å². The van der Waals surface area contributed by atoms with Gasteiger partial charge in [-0.2, -0.15) is 8.78 Å². The maximum Gasteiger partial charge on any atom is 0.432 e. The Hall–Kier alpha value is -4.35. The van der Waals surface area contributed by atoms with Crippen molar-refractivity contribution < 1.29 is 44.3 Å². The van der Waals surface area contributed by atoms with Crippen molar-refractivity contribution in [2.45, 2.75) is 51.6 Å². The molecule has 0 radical (unpaired) electrons. The van der Waals surface area contributed by atoms with E-state index in [1.54, 1.807) is 0 Å². The first-order valence-electron chi connectivity index (χ1n) is 13.6. The molecule has 0 aliphatic carbocycles. The minimum atomic E-state index is -4.74. The van der Waals surface area contributed by atoms with Gasteiger partial charge in [-0.25, -0.2) is 40.7 Å². The third kappa shape index (κ3) is 7.59. The molecular weight excluding hydrogens is 599 g/mol. The zero-order chi connectivity index (χ0) is 32.0. The smallest absolute Gasteiger partial charge is 0.429 e.